The maximum absolute atomic E-state index is 11.9. The number of benzene rings is 2. The van der Waals surface area contributed by atoms with Gasteiger partial charge in [-0.25, -0.2) is 4.79 Å². The van der Waals surface area contributed by atoms with Crippen LogP contribution in [-0.4, -0.2) is 6.03 Å². The number of rotatable bonds is 3. The van der Waals surface area contributed by atoms with Gasteiger partial charge in [-0.2, -0.15) is 0 Å². The van der Waals surface area contributed by atoms with E-state index >= 15 is 0 Å². The minimum absolute atomic E-state index is 0.0231. The van der Waals surface area contributed by atoms with Crippen LogP contribution in [0.25, 0.3) is 0 Å². The topological polar surface area (TPSA) is 41.1 Å². The van der Waals surface area contributed by atoms with E-state index in [9.17, 15) is 4.79 Å². The zero-order valence-corrected chi connectivity index (χ0v) is 12.7. The van der Waals surface area contributed by atoms with Crippen molar-refractivity contribution in [2.75, 3.05) is 5.32 Å². The number of carbonyl (C=O) groups excluding carboxylic acids is 1. The minimum Gasteiger partial charge on any atom is -0.331 e. The summed E-state index contributed by atoms with van der Waals surface area (Å²) in [4.78, 5) is 11.9. The first kappa shape index (κ1) is 13.9. The molecule has 0 fully saturated rings. The summed E-state index contributed by atoms with van der Waals surface area (Å²) in [5.41, 5.74) is 1.87. The lowest BCUT2D eigenvalue weighted by Gasteiger charge is -2.15. The second-order valence-corrected chi connectivity index (χ2v) is 5.48. The Balaban J connectivity index is 1.93. The molecule has 2 aromatic carbocycles. The minimum atomic E-state index is -0.197. The molecule has 2 rings (SSSR count). The van der Waals surface area contributed by atoms with Crippen molar-refractivity contribution in [2.45, 2.75) is 13.0 Å². The lowest BCUT2D eigenvalue weighted by atomic mass is 10.1. The summed E-state index contributed by atoms with van der Waals surface area (Å²) in [6, 6.07) is 17.3. The van der Waals surface area contributed by atoms with Crippen molar-refractivity contribution in [1.29, 1.82) is 0 Å². The molecule has 0 radical (unpaired) electrons. The van der Waals surface area contributed by atoms with Crippen LogP contribution in [0.2, 0.25) is 0 Å². The molecule has 3 nitrogen and oxygen atoms in total. The van der Waals surface area contributed by atoms with Gasteiger partial charge in [-0.05, 0) is 59.3 Å². The highest BCUT2D eigenvalue weighted by atomic mass is 127. The molecule has 19 heavy (non-hydrogen) atoms. The van der Waals surface area contributed by atoms with Gasteiger partial charge < -0.3 is 10.6 Å². The summed E-state index contributed by atoms with van der Waals surface area (Å²) in [6.45, 7) is 1.96. The fourth-order valence-corrected chi connectivity index (χ4v) is 2.08. The van der Waals surface area contributed by atoms with E-state index in [1.54, 1.807) is 0 Å². The fraction of sp³-hybridized carbons (Fsp3) is 0.133. The molecule has 0 saturated heterocycles. The van der Waals surface area contributed by atoms with Crippen LogP contribution in [0.1, 0.15) is 18.5 Å². The first-order valence-electron chi connectivity index (χ1n) is 6.03. The molecule has 0 aliphatic heterocycles. The molecule has 0 aromatic heterocycles. The van der Waals surface area contributed by atoms with Crippen LogP contribution in [0, 0.1) is 3.57 Å². The van der Waals surface area contributed by atoms with Gasteiger partial charge in [0.15, 0.2) is 0 Å². The SMILES string of the molecule is C[C@H](NC(=O)Nc1ccc(I)cc1)c1ccccc1. The molecule has 2 N–H and O–H groups in total. The molecule has 1 atom stereocenters. The molecule has 0 spiro atoms. The van der Waals surface area contributed by atoms with Crippen molar-refractivity contribution in [1.82, 2.24) is 5.32 Å². The molecule has 0 aliphatic rings. The number of hydrogen-bond donors (Lipinski definition) is 2. The highest BCUT2D eigenvalue weighted by molar-refractivity contribution is 14.1. The summed E-state index contributed by atoms with van der Waals surface area (Å²) in [7, 11) is 0. The molecule has 2 aromatic rings. The summed E-state index contributed by atoms with van der Waals surface area (Å²) in [5, 5.41) is 5.72. The Kier molecular flexibility index (Phi) is 4.79. The Labute approximate surface area is 126 Å². The normalized spacial score (nSPS) is 11.7. The van der Waals surface area contributed by atoms with E-state index in [0.717, 1.165) is 14.8 Å². The van der Waals surface area contributed by atoms with Gasteiger partial charge in [-0.1, -0.05) is 30.3 Å². The third-order valence-electron chi connectivity index (χ3n) is 2.75. The van der Waals surface area contributed by atoms with Crippen molar-refractivity contribution < 1.29 is 4.79 Å². The zero-order valence-electron chi connectivity index (χ0n) is 10.6. The Morgan fingerprint density at radius 2 is 1.68 bits per heavy atom. The van der Waals surface area contributed by atoms with Crippen LogP contribution in [0.4, 0.5) is 10.5 Å². The molecule has 0 bridgehead atoms. The van der Waals surface area contributed by atoms with E-state index in [4.69, 9.17) is 0 Å². The third kappa shape index (κ3) is 4.24. The Bertz CT molecular complexity index is 540. The molecule has 4 heteroatoms. The van der Waals surface area contributed by atoms with Gasteiger partial charge in [0.1, 0.15) is 0 Å². The maximum Gasteiger partial charge on any atom is 0.319 e. The Hall–Kier alpha value is -1.56. The summed E-state index contributed by atoms with van der Waals surface area (Å²) >= 11 is 2.23. The molecule has 0 aliphatic carbocycles. The van der Waals surface area contributed by atoms with E-state index in [1.165, 1.54) is 0 Å². The first-order chi connectivity index (χ1) is 9.15. The van der Waals surface area contributed by atoms with Gasteiger partial charge in [-0.3, -0.25) is 0 Å². The van der Waals surface area contributed by atoms with Gasteiger partial charge in [0.05, 0.1) is 6.04 Å². The molecule has 0 heterocycles. The predicted octanol–water partition coefficient (Wildman–Crippen LogP) is 4.17. The van der Waals surface area contributed by atoms with E-state index in [-0.39, 0.29) is 12.1 Å². The van der Waals surface area contributed by atoms with Crippen LogP contribution in [0.3, 0.4) is 0 Å². The Morgan fingerprint density at radius 1 is 1.05 bits per heavy atom. The average molecular weight is 366 g/mol. The van der Waals surface area contributed by atoms with E-state index < -0.39 is 0 Å². The van der Waals surface area contributed by atoms with Gasteiger partial charge in [-0.15, -0.1) is 0 Å². The number of anilines is 1. The molecular formula is C15H15IN2O. The third-order valence-corrected chi connectivity index (χ3v) is 3.47. The molecule has 98 valence electrons. The van der Waals surface area contributed by atoms with Crippen molar-refractivity contribution in [2.24, 2.45) is 0 Å². The predicted molar refractivity (Wildman–Crippen MR) is 86.2 cm³/mol. The number of halogens is 1. The van der Waals surface area contributed by atoms with Crippen LogP contribution in [0.15, 0.2) is 54.6 Å². The van der Waals surface area contributed by atoms with Gasteiger partial charge in [0, 0.05) is 9.26 Å². The number of amides is 2. The second kappa shape index (κ2) is 6.56. The van der Waals surface area contributed by atoms with Crippen LogP contribution >= 0.6 is 22.6 Å². The van der Waals surface area contributed by atoms with E-state index in [1.807, 2.05) is 61.5 Å². The van der Waals surface area contributed by atoms with Crippen molar-refractivity contribution in [3.8, 4) is 0 Å². The van der Waals surface area contributed by atoms with Crippen LogP contribution < -0.4 is 10.6 Å². The van der Waals surface area contributed by atoms with Gasteiger partial charge >= 0.3 is 6.03 Å². The van der Waals surface area contributed by atoms with Gasteiger partial charge in [0.2, 0.25) is 0 Å². The monoisotopic (exact) mass is 366 g/mol. The average Bonchev–Trinajstić information content (AvgIpc) is 2.42. The van der Waals surface area contributed by atoms with E-state index in [2.05, 4.69) is 33.2 Å². The fourth-order valence-electron chi connectivity index (χ4n) is 1.72. The quantitative estimate of drug-likeness (QED) is 0.787. The van der Waals surface area contributed by atoms with Crippen LogP contribution in [0.5, 0.6) is 0 Å². The highest BCUT2D eigenvalue weighted by Gasteiger charge is 2.08. The smallest absolute Gasteiger partial charge is 0.319 e. The standard InChI is InChI=1S/C15H15IN2O/c1-11(12-5-3-2-4-6-12)17-15(19)18-14-9-7-13(16)8-10-14/h2-11H,1H3,(H2,17,18,19)/t11-/m0/s1. The van der Waals surface area contributed by atoms with Crippen molar-refractivity contribution >= 4 is 34.3 Å². The van der Waals surface area contributed by atoms with Gasteiger partial charge in [0.25, 0.3) is 0 Å². The van der Waals surface area contributed by atoms with E-state index in [0.29, 0.717) is 0 Å². The maximum atomic E-state index is 11.9. The highest BCUT2D eigenvalue weighted by Crippen LogP contribution is 2.13. The van der Waals surface area contributed by atoms with Crippen LogP contribution in [-0.2, 0) is 0 Å². The zero-order chi connectivity index (χ0) is 13.7. The van der Waals surface area contributed by atoms with Crippen molar-refractivity contribution in [3.63, 3.8) is 0 Å². The molecular weight excluding hydrogens is 351 g/mol. The number of urea groups is 1. The first-order valence-corrected chi connectivity index (χ1v) is 7.11. The number of carbonyl (C=O) groups is 1. The van der Waals surface area contributed by atoms with Crippen molar-refractivity contribution in [3.05, 3.63) is 63.7 Å². The second-order valence-electron chi connectivity index (χ2n) is 4.24. The molecule has 0 unspecified atom stereocenters. The summed E-state index contributed by atoms with van der Waals surface area (Å²) < 4.78 is 1.14. The Morgan fingerprint density at radius 3 is 2.32 bits per heavy atom. The number of nitrogens with one attached hydrogen (secondary N) is 2. The summed E-state index contributed by atoms with van der Waals surface area (Å²) in [5.74, 6) is 0. The lowest BCUT2D eigenvalue weighted by Crippen LogP contribution is -2.31. The largest absolute Gasteiger partial charge is 0.331 e. The summed E-state index contributed by atoms with van der Waals surface area (Å²) in [6.07, 6.45) is 0. The molecule has 0 saturated carbocycles. The molecule has 2 amide bonds. The lowest BCUT2D eigenvalue weighted by molar-refractivity contribution is 0.249. The number of hydrogen-bond acceptors (Lipinski definition) is 1.